The smallest absolute Gasteiger partial charge is 0.224 e. The molecule has 2 rings (SSSR count). The molecule has 1 aromatic rings. The zero-order valence-electron chi connectivity index (χ0n) is 13.1. The number of hydrogen-bond acceptors (Lipinski definition) is 3. The van der Waals surface area contributed by atoms with Crippen LogP contribution in [-0.2, 0) is 11.3 Å². The summed E-state index contributed by atoms with van der Waals surface area (Å²) in [6.45, 7) is 5.63. The van der Waals surface area contributed by atoms with Gasteiger partial charge in [0.15, 0.2) is 0 Å². The van der Waals surface area contributed by atoms with Crippen LogP contribution in [0.4, 0.5) is 0 Å². The van der Waals surface area contributed by atoms with Crippen LogP contribution in [0.2, 0.25) is 0 Å². The maximum atomic E-state index is 12.1. The molecule has 4 nitrogen and oxygen atoms in total. The molecule has 116 valence electrons. The lowest BCUT2D eigenvalue weighted by Gasteiger charge is -2.27. The van der Waals surface area contributed by atoms with E-state index in [-0.39, 0.29) is 11.8 Å². The van der Waals surface area contributed by atoms with Crippen LogP contribution in [0.5, 0.6) is 0 Å². The predicted octanol–water partition coefficient (Wildman–Crippen LogP) is 1.62. The lowest BCUT2D eigenvalue weighted by atomic mass is 9.99. The minimum Gasteiger partial charge on any atom is -0.354 e. The fraction of sp³-hybridized carbons (Fsp3) is 0.588. The number of nitrogens with one attached hydrogen (secondary N) is 2. The minimum atomic E-state index is 0.144. The quantitative estimate of drug-likeness (QED) is 0.836. The topological polar surface area (TPSA) is 44.4 Å². The van der Waals surface area contributed by atoms with Crippen LogP contribution in [0.3, 0.4) is 0 Å². The molecule has 21 heavy (non-hydrogen) atoms. The highest BCUT2D eigenvalue weighted by atomic mass is 16.1. The van der Waals surface area contributed by atoms with Crippen LogP contribution in [0.1, 0.15) is 25.3 Å². The molecule has 2 N–H and O–H groups in total. The van der Waals surface area contributed by atoms with Crippen molar-refractivity contribution in [2.24, 2.45) is 5.92 Å². The van der Waals surface area contributed by atoms with Crippen molar-refractivity contribution in [1.82, 2.24) is 15.5 Å². The van der Waals surface area contributed by atoms with Gasteiger partial charge in [0.25, 0.3) is 0 Å². The third-order valence-corrected chi connectivity index (χ3v) is 4.27. The highest BCUT2D eigenvalue weighted by Crippen LogP contribution is 2.10. The highest BCUT2D eigenvalue weighted by molar-refractivity contribution is 5.79. The summed E-state index contributed by atoms with van der Waals surface area (Å²) in [6, 6.07) is 10.7. The molecular formula is C17H27N3O. The number of benzene rings is 1. The summed E-state index contributed by atoms with van der Waals surface area (Å²) in [5, 5.41) is 6.39. The van der Waals surface area contributed by atoms with E-state index in [1.807, 2.05) is 6.07 Å². The third-order valence-electron chi connectivity index (χ3n) is 4.27. The maximum absolute atomic E-state index is 12.1. The first kappa shape index (κ1) is 16.0. The first-order chi connectivity index (χ1) is 10.2. The van der Waals surface area contributed by atoms with Crippen molar-refractivity contribution >= 4 is 5.91 Å². The van der Waals surface area contributed by atoms with E-state index in [0.717, 1.165) is 32.5 Å². The van der Waals surface area contributed by atoms with E-state index in [2.05, 4.69) is 53.8 Å². The third kappa shape index (κ3) is 5.14. The van der Waals surface area contributed by atoms with Crippen molar-refractivity contribution in [3.8, 4) is 0 Å². The number of piperidine rings is 1. The molecule has 1 fully saturated rings. The zero-order chi connectivity index (χ0) is 15.1. The summed E-state index contributed by atoms with van der Waals surface area (Å²) in [6.07, 6.45) is 2.11. The van der Waals surface area contributed by atoms with Gasteiger partial charge in [-0.15, -0.1) is 0 Å². The van der Waals surface area contributed by atoms with Crippen molar-refractivity contribution in [2.45, 2.75) is 32.4 Å². The molecular weight excluding hydrogens is 262 g/mol. The molecule has 1 heterocycles. The Morgan fingerprint density at radius 3 is 2.86 bits per heavy atom. The van der Waals surface area contributed by atoms with Crippen LogP contribution in [0.25, 0.3) is 0 Å². The van der Waals surface area contributed by atoms with Gasteiger partial charge in [-0.3, -0.25) is 9.69 Å². The van der Waals surface area contributed by atoms with Gasteiger partial charge < -0.3 is 10.6 Å². The van der Waals surface area contributed by atoms with Gasteiger partial charge >= 0.3 is 0 Å². The number of amides is 1. The Balaban J connectivity index is 1.73. The fourth-order valence-electron chi connectivity index (χ4n) is 2.65. The number of hydrogen-bond donors (Lipinski definition) is 2. The molecule has 0 aromatic heterocycles. The number of likely N-dealkylation sites (N-methyl/N-ethyl adjacent to an activating group) is 1. The second-order valence-electron chi connectivity index (χ2n) is 6.04. The molecule has 0 radical (unpaired) electrons. The first-order valence-electron chi connectivity index (χ1n) is 7.89. The van der Waals surface area contributed by atoms with E-state index in [4.69, 9.17) is 0 Å². The van der Waals surface area contributed by atoms with Crippen molar-refractivity contribution in [2.75, 3.05) is 26.7 Å². The Bertz CT molecular complexity index is 429. The van der Waals surface area contributed by atoms with Gasteiger partial charge in [0, 0.05) is 25.7 Å². The van der Waals surface area contributed by atoms with E-state index in [1.165, 1.54) is 5.56 Å². The monoisotopic (exact) mass is 289 g/mol. The zero-order valence-corrected chi connectivity index (χ0v) is 13.1. The summed E-state index contributed by atoms with van der Waals surface area (Å²) in [5.74, 6) is 0.340. The van der Waals surface area contributed by atoms with Gasteiger partial charge in [-0.2, -0.15) is 0 Å². The molecule has 2 atom stereocenters. The molecule has 1 aliphatic heterocycles. The molecule has 1 saturated heterocycles. The van der Waals surface area contributed by atoms with Crippen molar-refractivity contribution < 1.29 is 4.79 Å². The summed E-state index contributed by atoms with van der Waals surface area (Å²) in [4.78, 5) is 14.4. The van der Waals surface area contributed by atoms with Crippen LogP contribution in [0.15, 0.2) is 30.3 Å². The Kier molecular flexibility index (Phi) is 6.21. The summed E-state index contributed by atoms with van der Waals surface area (Å²) in [7, 11) is 2.10. The highest BCUT2D eigenvalue weighted by Gasteiger charge is 2.21. The van der Waals surface area contributed by atoms with Gasteiger partial charge in [0.1, 0.15) is 0 Å². The standard InChI is InChI=1S/C17H27N3O/c1-14(20(2)13-15-7-4-3-5-8-15)11-19-17(21)16-9-6-10-18-12-16/h3-5,7-8,14,16,18H,6,9-13H2,1-2H3,(H,19,21). The van der Waals surface area contributed by atoms with Gasteiger partial charge in [-0.1, -0.05) is 30.3 Å². The van der Waals surface area contributed by atoms with Crippen LogP contribution in [0, 0.1) is 5.92 Å². The van der Waals surface area contributed by atoms with E-state index >= 15 is 0 Å². The SMILES string of the molecule is CC(CNC(=O)C1CCCNC1)N(C)Cc1ccccc1. The van der Waals surface area contributed by atoms with Crippen molar-refractivity contribution in [3.63, 3.8) is 0 Å². The maximum Gasteiger partial charge on any atom is 0.224 e. The molecule has 2 unspecified atom stereocenters. The van der Waals surface area contributed by atoms with Crippen LogP contribution < -0.4 is 10.6 Å². The van der Waals surface area contributed by atoms with E-state index in [1.54, 1.807) is 0 Å². The summed E-state index contributed by atoms with van der Waals surface area (Å²) < 4.78 is 0. The second kappa shape index (κ2) is 8.15. The first-order valence-corrected chi connectivity index (χ1v) is 7.89. The minimum absolute atomic E-state index is 0.144. The van der Waals surface area contributed by atoms with Gasteiger partial charge in [0.2, 0.25) is 5.91 Å². The molecule has 1 amide bonds. The Labute approximate surface area is 127 Å². The Morgan fingerprint density at radius 2 is 2.19 bits per heavy atom. The van der Waals surface area contributed by atoms with Crippen molar-refractivity contribution in [1.29, 1.82) is 0 Å². The van der Waals surface area contributed by atoms with Crippen LogP contribution in [-0.4, -0.2) is 43.5 Å². The lowest BCUT2D eigenvalue weighted by Crippen LogP contribution is -2.45. The normalized spacial score (nSPS) is 20.2. The number of nitrogens with zero attached hydrogens (tertiary/aromatic N) is 1. The van der Waals surface area contributed by atoms with Gasteiger partial charge in [-0.25, -0.2) is 0 Å². The molecule has 1 aliphatic rings. The van der Waals surface area contributed by atoms with E-state index < -0.39 is 0 Å². The van der Waals surface area contributed by atoms with E-state index in [9.17, 15) is 4.79 Å². The van der Waals surface area contributed by atoms with Gasteiger partial charge in [0.05, 0.1) is 5.92 Å². The number of carbonyl (C=O) groups is 1. The molecule has 4 heteroatoms. The van der Waals surface area contributed by atoms with Crippen LogP contribution >= 0.6 is 0 Å². The molecule has 0 saturated carbocycles. The summed E-state index contributed by atoms with van der Waals surface area (Å²) >= 11 is 0. The van der Waals surface area contributed by atoms with Gasteiger partial charge in [-0.05, 0) is 38.9 Å². The largest absolute Gasteiger partial charge is 0.354 e. The molecule has 1 aromatic carbocycles. The predicted molar refractivity (Wildman–Crippen MR) is 86.0 cm³/mol. The number of rotatable bonds is 6. The second-order valence-corrected chi connectivity index (χ2v) is 6.04. The number of carbonyl (C=O) groups excluding carboxylic acids is 1. The average Bonchev–Trinajstić information content (AvgIpc) is 2.54. The molecule has 0 aliphatic carbocycles. The lowest BCUT2D eigenvalue weighted by molar-refractivity contribution is -0.125. The fourth-order valence-corrected chi connectivity index (χ4v) is 2.65. The average molecular weight is 289 g/mol. The Morgan fingerprint density at radius 1 is 1.43 bits per heavy atom. The van der Waals surface area contributed by atoms with E-state index in [0.29, 0.717) is 12.6 Å². The summed E-state index contributed by atoms with van der Waals surface area (Å²) in [5.41, 5.74) is 1.30. The van der Waals surface area contributed by atoms with Crippen molar-refractivity contribution in [3.05, 3.63) is 35.9 Å². The molecule has 0 spiro atoms. The Hall–Kier alpha value is -1.39. The molecule has 0 bridgehead atoms.